The van der Waals surface area contributed by atoms with Gasteiger partial charge in [0.1, 0.15) is 11.5 Å². The van der Waals surface area contributed by atoms with Gasteiger partial charge in [-0.25, -0.2) is 4.79 Å². The number of methoxy groups -OCH3 is 1. The van der Waals surface area contributed by atoms with Crippen LogP contribution >= 0.6 is 0 Å². The molecular weight excluding hydrogens is 214 g/mol. The molecule has 0 aliphatic carbocycles. The van der Waals surface area contributed by atoms with Gasteiger partial charge in [-0.3, -0.25) is 4.79 Å². The van der Waals surface area contributed by atoms with Crippen LogP contribution < -0.4 is 15.2 Å². The van der Waals surface area contributed by atoms with E-state index in [0.29, 0.717) is 5.75 Å². The van der Waals surface area contributed by atoms with E-state index in [0.717, 1.165) is 0 Å². The van der Waals surface area contributed by atoms with E-state index in [9.17, 15) is 9.59 Å². The summed E-state index contributed by atoms with van der Waals surface area (Å²) in [7, 11) is 1.42. The quantitative estimate of drug-likeness (QED) is 0.748. The molecule has 1 aromatic carbocycles. The van der Waals surface area contributed by atoms with E-state index in [4.69, 9.17) is 20.3 Å². The number of hydrogen-bond donors (Lipinski definition) is 2. The smallest absolute Gasteiger partial charge is 0.341 e. The van der Waals surface area contributed by atoms with Crippen LogP contribution in [-0.2, 0) is 4.79 Å². The fourth-order valence-electron chi connectivity index (χ4n) is 1.06. The van der Waals surface area contributed by atoms with Crippen molar-refractivity contribution in [2.75, 3.05) is 13.7 Å². The summed E-state index contributed by atoms with van der Waals surface area (Å²) in [5.41, 5.74) is 5.29. The molecule has 1 amide bonds. The van der Waals surface area contributed by atoms with Crippen molar-refractivity contribution in [2.24, 2.45) is 5.73 Å². The number of ether oxygens (including phenoxy) is 2. The lowest BCUT2D eigenvalue weighted by molar-refractivity contribution is -0.139. The van der Waals surface area contributed by atoms with Crippen LogP contribution in [0.25, 0.3) is 0 Å². The van der Waals surface area contributed by atoms with Crippen molar-refractivity contribution in [2.45, 2.75) is 0 Å². The Labute approximate surface area is 91.6 Å². The summed E-state index contributed by atoms with van der Waals surface area (Å²) in [4.78, 5) is 21.3. The minimum absolute atomic E-state index is 0.194. The van der Waals surface area contributed by atoms with Crippen molar-refractivity contribution in [3.8, 4) is 11.5 Å². The summed E-state index contributed by atoms with van der Waals surface area (Å²) in [6, 6.07) is 4.26. The Morgan fingerprint density at radius 2 is 1.94 bits per heavy atom. The van der Waals surface area contributed by atoms with Crippen molar-refractivity contribution in [1.29, 1.82) is 0 Å². The Morgan fingerprint density at radius 1 is 1.31 bits per heavy atom. The molecular formula is C10H11NO5. The molecule has 0 atom stereocenters. The van der Waals surface area contributed by atoms with E-state index in [2.05, 4.69) is 0 Å². The van der Waals surface area contributed by atoms with Crippen LogP contribution in [0, 0.1) is 0 Å². The third-order valence-electron chi connectivity index (χ3n) is 1.76. The second kappa shape index (κ2) is 5.01. The summed E-state index contributed by atoms with van der Waals surface area (Å²) in [6.45, 7) is -0.495. The Kier molecular flexibility index (Phi) is 3.71. The minimum Gasteiger partial charge on any atom is -0.497 e. The van der Waals surface area contributed by atoms with E-state index in [1.807, 2.05) is 0 Å². The van der Waals surface area contributed by atoms with Gasteiger partial charge in [-0.05, 0) is 12.1 Å². The predicted octanol–water partition coefficient (Wildman–Crippen LogP) is 0.257. The first-order valence-corrected chi connectivity index (χ1v) is 4.36. The highest BCUT2D eigenvalue weighted by Crippen LogP contribution is 2.22. The molecule has 6 nitrogen and oxygen atoms in total. The molecule has 0 heterocycles. The van der Waals surface area contributed by atoms with Crippen LogP contribution in [0.1, 0.15) is 10.4 Å². The Hall–Kier alpha value is -2.24. The summed E-state index contributed by atoms with van der Waals surface area (Å²) in [6.07, 6.45) is 0. The van der Waals surface area contributed by atoms with Crippen LogP contribution in [0.2, 0.25) is 0 Å². The lowest BCUT2D eigenvalue weighted by Crippen LogP contribution is -2.13. The van der Waals surface area contributed by atoms with E-state index < -0.39 is 18.5 Å². The maximum Gasteiger partial charge on any atom is 0.341 e. The molecule has 0 fully saturated rings. The highest BCUT2D eigenvalue weighted by molar-refractivity contribution is 5.93. The normalized spacial score (nSPS) is 9.56. The molecule has 0 aliphatic rings. The first kappa shape index (κ1) is 11.8. The molecule has 3 N–H and O–H groups in total. The summed E-state index contributed by atoms with van der Waals surface area (Å²) in [5, 5.41) is 8.43. The van der Waals surface area contributed by atoms with Crippen LogP contribution in [0.15, 0.2) is 18.2 Å². The van der Waals surface area contributed by atoms with Gasteiger partial charge in [-0.15, -0.1) is 0 Å². The molecule has 0 aliphatic heterocycles. The number of carbonyl (C=O) groups excluding carboxylic acids is 1. The molecule has 16 heavy (non-hydrogen) atoms. The molecule has 6 heteroatoms. The molecule has 0 radical (unpaired) electrons. The predicted molar refractivity (Wildman–Crippen MR) is 54.6 cm³/mol. The molecule has 0 saturated heterocycles. The van der Waals surface area contributed by atoms with Gasteiger partial charge in [0.15, 0.2) is 6.61 Å². The number of carboxylic acids is 1. The molecule has 0 unspecified atom stereocenters. The topological polar surface area (TPSA) is 98.8 Å². The Morgan fingerprint density at radius 3 is 2.44 bits per heavy atom. The van der Waals surface area contributed by atoms with Crippen molar-refractivity contribution >= 4 is 11.9 Å². The molecule has 0 saturated carbocycles. The standard InChI is InChI=1S/C10H11NO5/c1-15-7-2-6(10(11)14)3-8(4-7)16-5-9(12)13/h2-4H,5H2,1H3,(H2,11,14)(H,12,13). The number of carbonyl (C=O) groups is 2. The van der Waals surface area contributed by atoms with Gasteiger partial charge in [0.05, 0.1) is 7.11 Å². The van der Waals surface area contributed by atoms with Crippen molar-refractivity contribution < 1.29 is 24.2 Å². The van der Waals surface area contributed by atoms with Crippen LogP contribution in [0.5, 0.6) is 11.5 Å². The maximum atomic E-state index is 11.0. The van der Waals surface area contributed by atoms with Crippen molar-refractivity contribution in [3.05, 3.63) is 23.8 Å². The first-order valence-electron chi connectivity index (χ1n) is 4.36. The number of hydrogen-bond acceptors (Lipinski definition) is 4. The van der Waals surface area contributed by atoms with Crippen LogP contribution in [0.4, 0.5) is 0 Å². The highest BCUT2D eigenvalue weighted by Gasteiger charge is 2.07. The van der Waals surface area contributed by atoms with E-state index >= 15 is 0 Å². The maximum absolute atomic E-state index is 11.0. The highest BCUT2D eigenvalue weighted by atomic mass is 16.5. The molecule has 86 valence electrons. The van der Waals surface area contributed by atoms with Crippen LogP contribution in [0.3, 0.4) is 0 Å². The zero-order chi connectivity index (χ0) is 12.1. The van der Waals surface area contributed by atoms with Gasteiger partial charge >= 0.3 is 5.97 Å². The SMILES string of the molecule is COc1cc(OCC(=O)O)cc(C(N)=O)c1. The number of aliphatic carboxylic acids is 1. The average molecular weight is 225 g/mol. The third kappa shape index (κ3) is 3.16. The molecule has 0 bridgehead atoms. The Bertz CT molecular complexity index is 416. The number of carboxylic acid groups (broad SMARTS) is 1. The second-order valence-corrected chi connectivity index (χ2v) is 2.94. The zero-order valence-electron chi connectivity index (χ0n) is 8.60. The second-order valence-electron chi connectivity index (χ2n) is 2.94. The molecule has 1 aromatic rings. The lowest BCUT2D eigenvalue weighted by Gasteiger charge is -2.07. The number of primary amides is 1. The summed E-state index contributed by atoms with van der Waals surface area (Å²) in [5.74, 6) is -1.16. The summed E-state index contributed by atoms with van der Waals surface area (Å²) < 4.78 is 9.83. The zero-order valence-corrected chi connectivity index (χ0v) is 8.60. The number of benzene rings is 1. The monoisotopic (exact) mass is 225 g/mol. The molecule has 0 spiro atoms. The minimum atomic E-state index is -1.11. The average Bonchev–Trinajstić information content (AvgIpc) is 2.25. The number of amides is 1. The van der Waals surface area contributed by atoms with Crippen molar-refractivity contribution in [3.63, 3.8) is 0 Å². The largest absolute Gasteiger partial charge is 0.497 e. The lowest BCUT2D eigenvalue weighted by atomic mass is 10.2. The number of rotatable bonds is 5. The fourth-order valence-corrected chi connectivity index (χ4v) is 1.06. The van der Waals surface area contributed by atoms with E-state index in [-0.39, 0.29) is 11.3 Å². The van der Waals surface area contributed by atoms with Gasteiger partial charge in [-0.1, -0.05) is 0 Å². The third-order valence-corrected chi connectivity index (χ3v) is 1.76. The van der Waals surface area contributed by atoms with Gasteiger partial charge in [0.25, 0.3) is 0 Å². The Balaban J connectivity index is 2.95. The van der Waals surface area contributed by atoms with Crippen LogP contribution in [-0.4, -0.2) is 30.7 Å². The number of nitrogens with two attached hydrogens (primary N) is 1. The van der Waals surface area contributed by atoms with Gasteiger partial charge < -0.3 is 20.3 Å². The fraction of sp³-hybridized carbons (Fsp3) is 0.200. The van der Waals surface area contributed by atoms with Gasteiger partial charge in [0, 0.05) is 11.6 Å². The molecule has 1 rings (SSSR count). The van der Waals surface area contributed by atoms with Crippen molar-refractivity contribution in [1.82, 2.24) is 0 Å². The van der Waals surface area contributed by atoms with E-state index in [1.165, 1.54) is 25.3 Å². The van der Waals surface area contributed by atoms with Gasteiger partial charge in [-0.2, -0.15) is 0 Å². The molecule has 0 aromatic heterocycles. The van der Waals surface area contributed by atoms with Gasteiger partial charge in [0.2, 0.25) is 5.91 Å². The first-order chi connectivity index (χ1) is 7.52. The van der Waals surface area contributed by atoms with E-state index in [1.54, 1.807) is 0 Å². The summed E-state index contributed by atoms with van der Waals surface area (Å²) >= 11 is 0.